The van der Waals surface area contributed by atoms with E-state index in [1.54, 1.807) is 22.7 Å². The number of benzene rings is 1. The van der Waals surface area contributed by atoms with E-state index in [1.807, 2.05) is 76.6 Å². The number of rotatable bonds is 12. The number of thiazole rings is 1. The summed E-state index contributed by atoms with van der Waals surface area (Å²) in [4.78, 5) is 4.64. The Morgan fingerprint density at radius 2 is 1.00 bits per heavy atom. The Morgan fingerprint density at radius 1 is 0.571 bits per heavy atom. The first-order valence-corrected chi connectivity index (χ1v) is 19.6. The molecule has 1 aromatic carbocycles. The number of fused-ring (bicyclic) bond motifs is 1. The minimum absolute atomic E-state index is 0.573. The molecule has 2 aromatic heterocycles. The van der Waals surface area contributed by atoms with E-state index in [1.165, 1.54) is 9.04 Å². The van der Waals surface area contributed by atoms with Gasteiger partial charge in [0, 0.05) is 31.5 Å². The first kappa shape index (κ1) is 32.0. The van der Waals surface area contributed by atoms with Crippen LogP contribution in [-0.4, -0.2) is 65.4 Å². The second-order valence-corrected chi connectivity index (χ2v) is 18.6. The van der Waals surface area contributed by atoms with Crippen molar-refractivity contribution in [2.75, 3.05) is 18.8 Å². The van der Waals surface area contributed by atoms with Gasteiger partial charge in [-0.1, -0.05) is 100 Å². The Bertz CT molecular complexity index is 928. The Labute approximate surface area is 245 Å². The summed E-state index contributed by atoms with van der Waals surface area (Å²) in [5.41, 5.74) is 1.12. The lowest BCUT2D eigenvalue weighted by Gasteiger charge is -2.15. The maximum Gasteiger partial charge on any atom is 0.175 e. The lowest BCUT2D eigenvalue weighted by atomic mass is 10.3. The molecule has 6 atom stereocenters. The van der Waals surface area contributed by atoms with Crippen molar-refractivity contribution in [2.45, 2.75) is 86.1 Å². The molecule has 0 spiro atoms. The van der Waals surface area contributed by atoms with E-state index in [2.05, 4.69) is 93.7 Å². The fourth-order valence-corrected chi connectivity index (χ4v) is 10.9. The molecule has 0 bridgehead atoms. The van der Waals surface area contributed by atoms with Gasteiger partial charge in [0.2, 0.25) is 0 Å². The van der Waals surface area contributed by atoms with Gasteiger partial charge in [0.1, 0.15) is 0 Å². The zero-order chi connectivity index (χ0) is 26.0. The molecule has 0 aliphatic heterocycles. The van der Waals surface area contributed by atoms with Crippen molar-refractivity contribution in [1.29, 1.82) is 0 Å². The highest BCUT2D eigenvalue weighted by Gasteiger charge is 2.18. The fraction of sp³-hybridized carbons (Fsp3) is 0.625. The van der Waals surface area contributed by atoms with Crippen LogP contribution in [0.5, 0.6) is 0 Å². The molecule has 35 heavy (non-hydrogen) atoms. The zero-order valence-electron chi connectivity index (χ0n) is 21.9. The quantitative estimate of drug-likeness (QED) is 0.183. The lowest BCUT2D eigenvalue weighted by molar-refractivity contribution is 0.904. The van der Waals surface area contributed by atoms with Gasteiger partial charge in [-0.15, -0.1) is 21.5 Å². The van der Waals surface area contributed by atoms with Crippen LogP contribution in [0.4, 0.5) is 0 Å². The molecule has 0 aliphatic carbocycles. The van der Waals surface area contributed by atoms with Gasteiger partial charge in [-0.25, -0.2) is 4.98 Å². The van der Waals surface area contributed by atoms with Crippen molar-refractivity contribution in [1.82, 2.24) is 15.2 Å². The molecule has 0 aliphatic rings. The molecule has 0 radical (unpaired) electrons. The minimum atomic E-state index is 0.573. The van der Waals surface area contributed by atoms with E-state index in [-0.39, 0.29) is 0 Å². The summed E-state index contributed by atoms with van der Waals surface area (Å²) < 4.78 is 4.67. The van der Waals surface area contributed by atoms with E-state index < -0.39 is 0 Å². The maximum atomic E-state index is 4.64. The highest BCUT2D eigenvalue weighted by Crippen LogP contribution is 2.37. The number of hydrogen-bond donors (Lipinski definition) is 0. The Kier molecular flexibility index (Phi) is 15.2. The molecular weight excluding hydrogens is 587 g/mol. The number of thioether (sulfide) groups is 6. The number of para-hydroxylation sites is 1. The van der Waals surface area contributed by atoms with Crippen molar-refractivity contribution >= 4 is 103 Å². The predicted molar refractivity (Wildman–Crippen MR) is 174 cm³/mol. The van der Waals surface area contributed by atoms with Crippen LogP contribution in [0.15, 0.2) is 37.3 Å². The van der Waals surface area contributed by atoms with Gasteiger partial charge in [-0.2, -0.15) is 35.3 Å². The topological polar surface area (TPSA) is 38.7 Å². The molecule has 0 fully saturated rings. The van der Waals surface area contributed by atoms with Crippen molar-refractivity contribution in [3.05, 3.63) is 24.3 Å². The van der Waals surface area contributed by atoms with Crippen LogP contribution in [0.3, 0.4) is 0 Å². The van der Waals surface area contributed by atoms with Gasteiger partial charge in [0.05, 0.1) is 10.2 Å². The normalized spacial score (nSPS) is 16.7. The van der Waals surface area contributed by atoms with Crippen molar-refractivity contribution in [3.8, 4) is 0 Å². The average molecular weight is 624 g/mol. The van der Waals surface area contributed by atoms with Crippen LogP contribution in [0.25, 0.3) is 10.2 Å². The summed E-state index contributed by atoms with van der Waals surface area (Å²) in [5.74, 6) is 0. The smallest absolute Gasteiger partial charge is 0.175 e. The predicted octanol–water partition coefficient (Wildman–Crippen LogP) is 9.53. The summed E-state index contributed by atoms with van der Waals surface area (Å²) in [7, 11) is 0. The molecule has 6 unspecified atom stereocenters. The summed E-state index contributed by atoms with van der Waals surface area (Å²) in [5, 5.41) is 12.3. The van der Waals surface area contributed by atoms with Crippen LogP contribution in [-0.2, 0) is 0 Å². The Balaban J connectivity index is 0.000000250. The monoisotopic (exact) mass is 623 g/mol. The van der Waals surface area contributed by atoms with Gasteiger partial charge in [0.25, 0.3) is 0 Å². The van der Waals surface area contributed by atoms with Crippen LogP contribution < -0.4 is 0 Å². The van der Waals surface area contributed by atoms with Gasteiger partial charge in [0.15, 0.2) is 13.0 Å². The molecule has 0 saturated carbocycles. The van der Waals surface area contributed by atoms with E-state index in [4.69, 9.17) is 0 Å². The number of nitrogens with zero attached hydrogens (tertiary/aromatic N) is 3. The van der Waals surface area contributed by atoms with Crippen LogP contribution in [0.1, 0.15) is 41.5 Å². The van der Waals surface area contributed by atoms with Crippen molar-refractivity contribution in [2.24, 2.45) is 0 Å². The number of hydrogen-bond acceptors (Lipinski definition) is 11. The Hall–Kier alpha value is 0.770. The van der Waals surface area contributed by atoms with E-state index >= 15 is 0 Å². The molecular formula is C24H37N3S8. The third-order valence-corrected chi connectivity index (χ3v) is 15.8. The molecule has 3 nitrogen and oxygen atoms in total. The molecule has 0 saturated heterocycles. The number of aromatic nitrogens is 3. The molecule has 2 heterocycles. The fourth-order valence-electron chi connectivity index (χ4n) is 2.53. The molecule has 3 aromatic rings. The second kappa shape index (κ2) is 16.7. The summed E-state index contributed by atoms with van der Waals surface area (Å²) in [6, 6.07) is 8.34. The lowest BCUT2D eigenvalue weighted by Crippen LogP contribution is -2.11. The minimum Gasteiger partial charge on any atom is -0.230 e. The average Bonchev–Trinajstić information content (AvgIpc) is 3.48. The third-order valence-electron chi connectivity index (χ3n) is 5.62. The van der Waals surface area contributed by atoms with Gasteiger partial charge < -0.3 is 0 Å². The van der Waals surface area contributed by atoms with Crippen LogP contribution >= 0.6 is 93.2 Å². The van der Waals surface area contributed by atoms with Crippen LogP contribution in [0.2, 0.25) is 0 Å². The van der Waals surface area contributed by atoms with E-state index in [0.29, 0.717) is 31.5 Å². The standard InChI is InChI=1S/C12H22N2S5.C12H15NS3/c1-7(15-5)9(3)17-11-13-14-12(19-11)18-10(4)8(2)16-6;1-8(14-3)9(2)15-12-13-10-6-4-5-7-11(10)16-12/h7-10H,1-6H3;4-9H,1-3H3. The summed E-state index contributed by atoms with van der Waals surface area (Å²) >= 11 is 14.8. The molecule has 11 heteroatoms. The van der Waals surface area contributed by atoms with Crippen molar-refractivity contribution < 1.29 is 0 Å². The third kappa shape index (κ3) is 10.8. The first-order valence-electron chi connectivity index (χ1n) is 11.5. The SMILES string of the molecule is CSC(C)C(C)Sc1nc2ccccc2s1.CSC(C)C(C)Sc1nnc(SC(C)C(C)SC)s1. The second-order valence-electron chi connectivity index (χ2n) is 8.07. The molecule has 196 valence electrons. The molecule has 3 rings (SSSR count). The largest absolute Gasteiger partial charge is 0.230 e. The maximum absolute atomic E-state index is 4.64. The van der Waals surface area contributed by atoms with Gasteiger partial charge in [-0.3, -0.25) is 0 Å². The van der Waals surface area contributed by atoms with Crippen molar-refractivity contribution in [3.63, 3.8) is 0 Å². The molecule has 0 N–H and O–H groups in total. The first-order chi connectivity index (χ1) is 16.7. The summed E-state index contributed by atoms with van der Waals surface area (Å²) in [6.07, 6.45) is 6.49. The Morgan fingerprint density at radius 3 is 1.43 bits per heavy atom. The highest BCUT2D eigenvalue weighted by atomic mass is 32.2. The van der Waals surface area contributed by atoms with E-state index in [0.717, 1.165) is 14.2 Å². The zero-order valence-corrected chi connectivity index (χ0v) is 28.4. The van der Waals surface area contributed by atoms with E-state index in [9.17, 15) is 0 Å². The van der Waals surface area contributed by atoms with Gasteiger partial charge >= 0.3 is 0 Å². The molecule has 0 amide bonds. The summed E-state index contributed by atoms with van der Waals surface area (Å²) in [6.45, 7) is 13.6. The van der Waals surface area contributed by atoms with Crippen LogP contribution in [0, 0.1) is 0 Å². The highest BCUT2D eigenvalue weighted by molar-refractivity contribution is 8.06. The van der Waals surface area contributed by atoms with Gasteiger partial charge in [-0.05, 0) is 30.9 Å².